The molecule has 1 rings (SSSR count). The van der Waals surface area contributed by atoms with E-state index in [1.54, 1.807) is 12.1 Å². The number of guanidine groups is 1. The molecule has 0 radical (unpaired) electrons. The lowest BCUT2D eigenvalue weighted by molar-refractivity contribution is 0.182. The molecule has 0 bridgehead atoms. The molecular weight excluding hydrogens is 183 g/mol. The van der Waals surface area contributed by atoms with Crippen LogP contribution in [0.15, 0.2) is 29.3 Å². The highest BCUT2D eigenvalue weighted by Gasteiger charge is 2.10. The third kappa shape index (κ3) is 2.70. The van der Waals surface area contributed by atoms with Crippen molar-refractivity contribution in [3.05, 3.63) is 35.6 Å². The summed E-state index contributed by atoms with van der Waals surface area (Å²) in [4.78, 5) is 3.60. The number of rotatable bonds is 3. The first-order chi connectivity index (χ1) is 6.61. The van der Waals surface area contributed by atoms with Crippen LogP contribution in [-0.4, -0.2) is 17.6 Å². The molecule has 5 N–H and O–H groups in total. The lowest BCUT2D eigenvalue weighted by Crippen LogP contribution is -2.23. The van der Waals surface area contributed by atoms with Crippen LogP contribution in [0.5, 0.6) is 0 Å². The van der Waals surface area contributed by atoms with E-state index in [2.05, 4.69) is 4.99 Å². The van der Waals surface area contributed by atoms with Crippen molar-refractivity contribution in [1.82, 2.24) is 0 Å². The Kier molecular flexibility index (Phi) is 3.41. The van der Waals surface area contributed by atoms with Gasteiger partial charge in [-0.05, 0) is 6.07 Å². The van der Waals surface area contributed by atoms with Crippen molar-refractivity contribution in [2.24, 2.45) is 16.5 Å². The predicted molar refractivity (Wildman–Crippen MR) is 52.0 cm³/mol. The fraction of sp³-hybridized carbons (Fsp3) is 0.222. The van der Waals surface area contributed by atoms with Crippen LogP contribution in [0.2, 0.25) is 0 Å². The smallest absolute Gasteiger partial charge is 0.186 e. The Morgan fingerprint density at radius 1 is 1.43 bits per heavy atom. The van der Waals surface area contributed by atoms with Crippen molar-refractivity contribution >= 4 is 5.96 Å². The summed E-state index contributed by atoms with van der Waals surface area (Å²) in [5.41, 5.74) is 10.4. The third-order valence-corrected chi connectivity index (χ3v) is 1.71. The van der Waals surface area contributed by atoms with Gasteiger partial charge < -0.3 is 16.6 Å². The molecule has 0 amide bonds. The lowest BCUT2D eigenvalue weighted by atomic mass is 9.52. The van der Waals surface area contributed by atoms with Gasteiger partial charge in [-0.2, -0.15) is 0 Å². The highest BCUT2D eigenvalue weighted by molar-refractivity contribution is 5.75. The molecule has 76 valence electrons. The van der Waals surface area contributed by atoms with Crippen molar-refractivity contribution in [3.63, 3.8) is 0 Å². The summed E-state index contributed by atoms with van der Waals surface area (Å²) in [6.07, 6.45) is -1.02. The van der Waals surface area contributed by atoms with E-state index in [-0.39, 0.29) is 18.1 Å². The van der Waals surface area contributed by atoms with Gasteiger partial charge in [0.05, 0.1) is 6.54 Å². The maximum absolute atomic E-state index is 13.1. The fourth-order valence-electron chi connectivity index (χ4n) is 1.04. The first-order valence-corrected chi connectivity index (χ1v) is 4.09. The molecule has 0 aliphatic carbocycles. The number of aliphatic hydroxyl groups excluding tert-OH is 1. The zero-order chi connectivity index (χ0) is 10.6. The Bertz CT molecular complexity index is 337. The zero-order valence-electron chi connectivity index (χ0n) is 7.52. The lowest BCUT2D eigenvalue weighted by Gasteiger charge is -2.08. The second-order valence-corrected chi connectivity index (χ2v) is 2.80. The van der Waals surface area contributed by atoms with Crippen LogP contribution < -0.4 is 11.5 Å². The van der Waals surface area contributed by atoms with Crippen LogP contribution in [0.3, 0.4) is 0 Å². The molecule has 0 heterocycles. The summed E-state index contributed by atoms with van der Waals surface area (Å²) in [6, 6.07) is 5.94. The number of hydrogen-bond donors (Lipinski definition) is 3. The van der Waals surface area contributed by atoms with Gasteiger partial charge >= 0.3 is 0 Å². The first-order valence-electron chi connectivity index (χ1n) is 4.09. The number of nitrogens with zero attached hydrogens (tertiary/aromatic N) is 1. The van der Waals surface area contributed by atoms with Gasteiger partial charge in [-0.25, -0.2) is 4.39 Å². The molecule has 4 nitrogen and oxygen atoms in total. The maximum Gasteiger partial charge on any atom is 0.186 e. The molecule has 5 heteroatoms. The van der Waals surface area contributed by atoms with Crippen molar-refractivity contribution < 1.29 is 9.50 Å². The van der Waals surface area contributed by atoms with Crippen molar-refractivity contribution in [1.29, 1.82) is 0 Å². The summed E-state index contributed by atoms with van der Waals surface area (Å²) in [5.74, 6) is -0.591. The summed E-state index contributed by atoms with van der Waals surface area (Å²) >= 11 is 0. The number of benzene rings is 1. The third-order valence-electron chi connectivity index (χ3n) is 1.71. The fourth-order valence-corrected chi connectivity index (χ4v) is 1.04. The molecule has 1 aromatic carbocycles. The monoisotopic (exact) mass is 195 g/mol. The second-order valence-electron chi connectivity index (χ2n) is 2.80. The van der Waals surface area contributed by atoms with Crippen LogP contribution in [0.25, 0.3) is 0 Å². The Balaban J connectivity index is 2.74. The van der Waals surface area contributed by atoms with Crippen molar-refractivity contribution in [3.8, 4) is 0 Å². The maximum atomic E-state index is 13.1. The van der Waals surface area contributed by atoms with Gasteiger partial charge in [-0.1, -0.05) is 18.2 Å². The van der Waals surface area contributed by atoms with Gasteiger partial charge in [0.2, 0.25) is 0 Å². The van der Waals surface area contributed by atoms with E-state index in [0.717, 1.165) is 0 Å². The minimum absolute atomic E-state index is 0.0384. The van der Waals surface area contributed by atoms with E-state index in [0.29, 0.717) is 0 Å². The largest absolute Gasteiger partial charge is 0.386 e. The van der Waals surface area contributed by atoms with Crippen molar-refractivity contribution in [2.75, 3.05) is 6.54 Å². The number of nitrogens with two attached hydrogens (primary N) is 2. The van der Waals surface area contributed by atoms with Gasteiger partial charge in [-0.15, -0.1) is 0 Å². The summed E-state index contributed by atoms with van der Waals surface area (Å²) < 4.78 is 13.1. The van der Waals surface area contributed by atoms with E-state index >= 15 is 0 Å². The van der Waals surface area contributed by atoms with Crippen molar-refractivity contribution in [2.45, 2.75) is 6.10 Å². The Morgan fingerprint density at radius 3 is 2.64 bits per heavy atom. The normalized spacial score (nSPS) is 12.1. The molecule has 1 aromatic rings. The molecule has 1 unspecified atom stereocenters. The molecule has 0 aromatic heterocycles. The Labute approximate surface area is 81.1 Å². The minimum Gasteiger partial charge on any atom is -0.386 e. The number of aliphatic hydroxyl groups is 1. The van der Waals surface area contributed by atoms with E-state index in [9.17, 15) is 9.50 Å². The van der Waals surface area contributed by atoms with Crippen LogP contribution in [0.4, 0.5) is 4.39 Å². The van der Waals surface area contributed by atoms with Crippen LogP contribution >= 0.6 is 0 Å². The molecular formula is C9H12FN3O. The topological polar surface area (TPSA) is 84.6 Å². The molecule has 14 heavy (non-hydrogen) atoms. The molecule has 0 saturated carbocycles. The van der Waals surface area contributed by atoms with Gasteiger partial charge in [0.25, 0.3) is 0 Å². The first kappa shape index (κ1) is 10.5. The van der Waals surface area contributed by atoms with E-state index in [1.165, 1.54) is 12.1 Å². The average molecular weight is 195 g/mol. The minimum atomic E-state index is -1.02. The van der Waals surface area contributed by atoms with Gasteiger partial charge in [0, 0.05) is 5.56 Å². The van der Waals surface area contributed by atoms with E-state index < -0.39 is 11.9 Å². The highest BCUT2D eigenvalue weighted by Crippen LogP contribution is 2.16. The Hall–Kier alpha value is -1.62. The van der Waals surface area contributed by atoms with Crippen LogP contribution in [0.1, 0.15) is 11.7 Å². The quantitative estimate of drug-likeness (QED) is 0.473. The SMILES string of the molecule is NC(N)=N[11CH2][11CH](O)c1ccccc1F. The summed E-state index contributed by atoms with van der Waals surface area (Å²) in [6.45, 7) is -0.0384. The zero-order valence-corrected chi connectivity index (χ0v) is 7.52. The average Bonchev–Trinajstić information content (AvgIpc) is 2.15. The van der Waals surface area contributed by atoms with Gasteiger partial charge in [0.15, 0.2) is 5.96 Å². The number of halogens is 1. The summed E-state index contributed by atoms with van der Waals surface area (Å²) in [5, 5.41) is 9.49. The Morgan fingerprint density at radius 2 is 2.07 bits per heavy atom. The number of aliphatic imine (C=N–C) groups is 1. The van der Waals surface area contributed by atoms with E-state index in [1.807, 2.05) is 0 Å². The molecule has 0 spiro atoms. The van der Waals surface area contributed by atoms with Gasteiger partial charge in [-0.3, -0.25) is 4.99 Å². The molecule has 1 atom stereocenters. The standard InChI is InChI=1S/C9H12FN3O/c10-7-4-2-1-3-6(7)8(14)5-13-9(11)12/h1-4,8,14H,5H2,(H4,11,12,13)/i5-1,8-1. The van der Waals surface area contributed by atoms with Crippen LogP contribution in [-0.2, 0) is 0 Å². The van der Waals surface area contributed by atoms with E-state index in [4.69, 9.17) is 11.5 Å². The van der Waals surface area contributed by atoms with Gasteiger partial charge in [0.1, 0.15) is 11.9 Å². The number of hydrogen-bond acceptors (Lipinski definition) is 2. The van der Waals surface area contributed by atoms with Crippen LogP contribution in [0, 0.1) is 5.82 Å². The molecule has 0 fully saturated rings. The second kappa shape index (κ2) is 4.57. The summed E-state index contributed by atoms with van der Waals surface area (Å²) in [7, 11) is 0. The predicted octanol–water partition coefficient (Wildman–Crippen LogP) is 0.133. The molecule has 0 aliphatic heterocycles. The molecule has 0 saturated heterocycles. The molecule has 0 aliphatic rings. The highest BCUT2D eigenvalue weighted by atomic mass is 19.1.